The average molecular weight is 432 g/mol. The highest BCUT2D eigenvalue weighted by molar-refractivity contribution is 7.80. The normalized spacial score (nSPS) is 26.4. The lowest BCUT2D eigenvalue weighted by Gasteiger charge is -2.35. The highest BCUT2D eigenvalue weighted by Gasteiger charge is 2.30. The summed E-state index contributed by atoms with van der Waals surface area (Å²) in [6.07, 6.45) is 5.09. The molecule has 1 heterocycles. The van der Waals surface area contributed by atoms with E-state index in [-0.39, 0.29) is 17.9 Å². The Bertz CT molecular complexity index is 744. The van der Waals surface area contributed by atoms with Crippen LogP contribution in [0.25, 0.3) is 0 Å². The monoisotopic (exact) mass is 431 g/mol. The van der Waals surface area contributed by atoms with Crippen molar-refractivity contribution >= 4 is 35.0 Å². The molecule has 164 valence electrons. The van der Waals surface area contributed by atoms with Crippen LogP contribution in [0.15, 0.2) is 30.3 Å². The minimum Gasteiger partial charge on any atom is -0.358 e. The van der Waals surface area contributed by atoms with E-state index in [1.807, 2.05) is 30.3 Å². The molecule has 2 fully saturated rings. The molecule has 0 unspecified atom stereocenters. The van der Waals surface area contributed by atoms with E-state index in [9.17, 15) is 9.59 Å². The molecule has 3 rings (SSSR count). The predicted molar refractivity (Wildman–Crippen MR) is 123 cm³/mol. The van der Waals surface area contributed by atoms with E-state index in [4.69, 9.17) is 12.2 Å². The maximum Gasteiger partial charge on any atom is 0.321 e. The van der Waals surface area contributed by atoms with Gasteiger partial charge in [0.25, 0.3) is 0 Å². The largest absolute Gasteiger partial charge is 0.358 e. The Hall–Kier alpha value is -2.35. The van der Waals surface area contributed by atoms with Crippen molar-refractivity contribution in [2.75, 3.05) is 18.4 Å². The van der Waals surface area contributed by atoms with Gasteiger partial charge in [0.05, 0.1) is 5.92 Å². The topological polar surface area (TPSA) is 85.5 Å². The van der Waals surface area contributed by atoms with Gasteiger partial charge >= 0.3 is 6.03 Å². The van der Waals surface area contributed by atoms with Gasteiger partial charge in [-0.05, 0) is 55.4 Å². The molecular weight excluding hydrogens is 398 g/mol. The van der Waals surface area contributed by atoms with Crippen LogP contribution in [0.1, 0.15) is 46.0 Å². The van der Waals surface area contributed by atoms with Gasteiger partial charge in [-0.15, -0.1) is 0 Å². The van der Waals surface area contributed by atoms with Gasteiger partial charge in [-0.1, -0.05) is 44.9 Å². The molecule has 0 aromatic heterocycles. The molecule has 1 aromatic rings. The molecule has 0 radical (unpaired) electrons. The number of hydrogen-bond acceptors (Lipinski definition) is 3. The molecule has 4 N–H and O–H groups in total. The number of piperidine rings is 1. The van der Waals surface area contributed by atoms with Gasteiger partial charge in [0.15, 0.2) is 5.11 Å². The number of para-hydroxylation sites is 1. The summed E-state index contributed by atoms with van der Waals surface area (Å²) in [6, 6.07) is 9.49. The second-order valence-corrected chi connectivity index (χ2v) is 8.95. The second kappa shape index (κ2) is 10.6. The van der Waals surface area contributed by atoms with E-state index in [1.54, 1.807) is 4.90 Å². The van der Waals surface area contributed by atoms with Gasteiger partial charge in [0.1, 0.15) is 0 Å². The lowest BCUT2D eigenvalue weighted by atomic mass is 9.78. The number of anilines is 1. The fourth-order valence-electron chi connectivity index (χ4n) is 4.31. The summed E-state index contributed by atoms with van der Waals surface area (Å²) in [7, 11) is 0. The maximum absolute atomic E-state index is 12.6. The van der Waals surface area contributed by atoms with Crippen LogP contribution in [0.2, 0.25) is 0 Å². The minimum atomic E-state index is -0.260. The molecule has 3 amide bonds. The van der Waals surface area contributed by atoms with E-state index in [0.29, 0.717) is 36.1 Å². The number of benzene rings is 1. The first-order chi connectivity index (χ1) is 14.4. The number of likely N-dealkylation sites (tertiary alicyclic amines) is 1. The van der Waals surface area contributed by atoms with Crippen LogP contribution in [-0.2, 0) is 4.79 Å². The van der Waals surface area contributed by atoms with Crippen molar-refractivity contribution in [1.29, 1.82) is 0 Å². The Morgan fingerprint density at radius 1 is 1.03 bits per heavy atom. The molecule has 1 saturated heterocycles. The zero-order chi connectivity index (χ0) is 21.5. The van der Waals surface area contributed by atoms with Gasteiger partial charge in [-0.3, -0.25) is 15.6 Å². The summed E-state index contributed by atoms with van der Waals surface area (Å²) in [4.78, 5) is 26.8. The van der Waals surface area contributed by atoms with Crippen molar-refractivity contribution in [3.05, 3.63) is 30.3 Å². The molecular formula is C22H33N5O2S. The van der Waals surface area contributed by atoms with E-state index < -0.39 is 0 Å². The number of amides is 3. The molecule has 1 aliphatic carbocycles. The van der Waals surface area contributed by atoms with Crippen LogP contribution in [-0.4, -0.2) is 41.1 Å². The third-order valence-corrected chi connectivity index (χ3v) is 6.65. The van der Waals surface area contributed by atoms with Crippen LogP contribution in [0.4, 0.5) is 10.5 Å². The van der Waals surface area contributed by atoms with E-state index in [2.05, 4.69) is 35.3 Å². The molecule has 30 heavy (non-hydrogen) atoms. The van der Waals surface area contributed by atoms with Crippen molar-refractivity contribution in [1.82, 2.24) is 21.1 Å². The summed E-state index contributed by atoms with van der Waals surface area (Å²) >= 11 is 5.37. The van der Waals surface area contributed by atoms with Gasteiger partial charge in [0.2, 0.25) is 5.91 Å². The van der Waals surface area contributed by atoms with Crippen molar-refractivity contribution in [2.24, 2.45) is 17.8 Å². The lowest BCUT2D eigenvalue weighted by molar-refractivity contribution is -0.126. The molecule has 0 spiro atoms. The number of nitrogens with one attached hydrogen (secondary N) is 4. The molecule has 4 atom stereocenters. The average Bonchev–Trinajstić information content (AvgIpc) is 2.76. The first kappa shape index (κ1) is 22.3. The Balaban J connectivity index is 1.43. The number of carbonyl (C=O) groups excluding carboxylic acids is 2. The fraction of sp³-hybridized carbons (Fsp3) is 0.591. The van der Waals surface area contributed by atoms with Crippen molar-refractivity contribution in [2.45, 2.75) is 52.0 Å². The lowest BCUT2D eigenvalue weighted by Crippen LogP contribution is -2.55. The van der Waals surface area contributed by atoms with Gasteiger partial charge in [-0.25, -0.2) is 4.79 Å². The van der Waals surface area contributed by atoms with Crippen LogP contribution in [0.5, 0.6) is 0 Å². The zero-order valence-electron chi connectivity index (χ0n) is 17.8. The number of rotatable bonds is 3. The predicted octanol–water partition coefficient (Wildman–Crippen LogP) is 3.25. The number of nitrogens with zero attached hydrogens (tertiary/aromatic N) is 1. The molecule has 0 bridgehead atoms. The molecule has 1 saturated carbocycles. The van der Waals surface area contributed by atoms with Crippen molar-refractivity contribution < 1.29 is 9.59 Å². The van der Waals surface area contributed by atoms with Crippen LogP contribution >= 0.6 is 12.2 Å². The Kier molecular flexibility index (Phi) is 7.90. The Labute approximate surface area is 184 Å². The van der Waals surface area contributed by atoms with E-state index in [1.165, 1.54) is 12.8 Å². The number of hydrogen-bond donors (Lipinski definition) is 4. The second-order valence-electron chi connectivity index (χ2n) is 8.54. The molecule has 7 nitrogen and oxygen atoms in total. The number of hydrazine groups is 1. The Morgan fingerprint density at radius 2 is 1.80 bits per heavy atom. The minimum absolute atomic E-state index is 0.138. The zero-order valence-corrected chi connectivity index (χ0v) is 18.6. The SMILES string of the molecule is C[C@@H]1[C@@H](C)CCC[C@H]1NC(=S)NNC(=O)[C@@H]1CCCN(C(=O)Nc2ccccc2)C1. The number of thiocarbonyl (C=S) groups is 1. The highest BCUT2D eigenvalue weighted by atomic mass is 32.1. The summed E-state index contributed by atoms with van der Waals surface area (Å²) < 4.78 is 0. The molecule has 1 aromatic carbocycles. The highest BCUT2D eigenvalue weighted by Crippen LogP contribution is 2.29. The Morgan fingerprint density at radius 3 is 2.57 bits per heavy atom. The fourth-order valence-corrected chi connectivity index (χ4v) is 4.51. The number of carbonyl (C=O) groups is 2. The van der Waals surface area contributed by atoms with Crippen LogP contribution < -0.4 is 21.5 Å². The van der Waals surface area contributed by atoms with Crippen LogP contribution in [0.3, 0.4) is 0 Å². The quantitative estimate of drug-likeness (QED) is 0.436. The summed E-state index contributed by atoms with van der Waals surface area (Å²) in [5.74, 6) is 0.818. The van der Waals surface area contributed by atoms with Crippen molar-refractivity contribution in [3.63, 3.8) is 0 Å². The third kappa shape index (κ3) is 6.08. The van der Waals surface area contributed by atoms with E-state index in [0.717, 1.165) is 24.9 Å². The molecule has 8 heteroatoms. The summed E-state index contributed by atoms with van der Waals surface area (Å²) in [5, 5.41) is 6.67. The smallest absolute Gasteiger partial charge is 0.321 e. The first-order valence-corrected chi connectivity index (χ1v) is 11.3. The standard InChI is InChI=1S/C22H33N5O2S/c1-15-8-6-12-19(16(15)2)24-21(30)26-25-20(28)17-9-7-13-27(14-17)22(29)23-18-10-4-3-5-11-18/h3-5,10-11,15-17,19H,6-9,12-14H2,1-2H3,(H,23,29)(H,25,28)(H2,24,26,30)/t15-,16+,17+,19+/m0/s1. The third-order valence-electron chi connectivity index (χ3n) is 6.43. The van der Waals surface area contributed by atoms with Crippen molar-refractivity contribution in [3.8, 4) is 0 Å². The van der Waals surface area contributed by atoms with Crippen LogP contribution in [0, 0.1) is 17.8 Å². The molecule has 1 aliphatic heterocycles. The van der Waals surface area contributed by atoms with E-state index >= 15 is 0 Å². The van der Waals surface area contributed by atoms with Gasteiger partial charge in [-0.2, -0.15) is 0 Å². The maximum atomic E-state index is 12.6. The first-order valence-electron chi connectivity index (χ1n) is 10.9. The summed E-state index contributed by atoms with van der Waals surface area (Å²) in [5.41, 5.74) is 6.32. The van der Waals surface area contributed by atoms with Gasteiger partial charge < -0.3 is 15.5 Å². The molecule has 2 aliphatic rings. The van der Waals surface area contributed by atoms with Gasteiger partial charge in [0, 0.05) is 24.8 Å². The summed E-state index contributed by atoms with van der Waals surface area (Å²) in [6.45, 7) is 5.57. The number of urea groups is 1.